The fourth-order valence-corrected chi connectivity index (χ4v) is 2.96. The van der Waals surface area contributed by atoms with E-state index in [1.165, 1.54) is 17.0 Å². The molecule has 0 aliphatic carbocycles. The summed E-state index contributed by atoms with van der Waals surface area (Å²) >= 11 is 0. The largest absolute Gasteiger partial charge is 0.416 e. The van der Waals surface area contributed by atoms with E-state index in [0.29, 0.717) is 12.0 Å². The lowest BCUT2D eigenvalue weighted by Gasteiger charge is -2.19. The molecule has 1 atom stereocenters. The molecule has 0 aromatic heterocycles. The molecule has 1 aromatic rings. The number of aliphatic imine (C=N–C) groups is 1. The molecule has 11 heteroatoms. The van der Waals surface area contributed by atoms with E-state index in [-0.39, 0.29) is 36.8 Å². The number of guanidine groups is 1. The van der Waals surface area contributed by atoms with Crippen molar-refractivity contribution < 1.29 is 26.4 Å². The van der Waals surface area contributed by atoms with Gasteiger partial charge in [-0.2, -0.15) is 13.2 Å². The van der Waals surface area contributed by atoms with E-state index in [1.807, 2.05) is 0 Å². The standard InChI is InChI=1S/C18H27F3N4O3S/c1-13(8-9-29(4,27)28)24-17(23-12-16(26)25(2)3)22-11-14-6-5-7-15(10-14)18(19,20)21/h5-7,10,13H,8-9,11-12H2,1-4H3,(H2,22,23,24). The van der Waals surface area contributed by atoms with Crippen molar-refractivity contribution in [1.29, 1.82) is 0 Å². The van der Waals surface area contributed by atoms with Crippen LogP contribution < -0.4 is 10.6 Å². The minimum Gasteiger partial charge on any atom is -0.354 e. The van der Waals surface area contributed by atoms with Crippen molar-refractivity contribution in [2.24, 2.45) is 4.99 Å². The Morgan fingerprint density at radius 2 is 1.93 bits per heavy atom. The van der Waals surface area contributed by atoms with Gasteiger partial charge in [-0.1, -0.05) is 12.1 Å². The summed E-state index contributed by atoms with van der Waals surface area (Å²) in [6, 6.07) is 4.53. The van der Waals surface area contributed by atoms with Gasteiger partial charge in [-0.3, -0.25) is 4.79 Å². The van der Waals surface area contributed by atoms with Gasteiger partial charge >= 0.3 is 6.18 Å². The van der Waals surface area contributed by atoms with Crippen LogP contribution >= 0.6 is 0 Å². The van der Waals surface area contributed by atoms with Crippen molar-refractivity contribution in [3.63, 3.8) is 0 Å². The number of halogens is 3. The van der Waals surface area contributed by atoms with E-state index in [4.69, 9.17) is 0 Å². The Morgan fingerprint density at radius 1 is 1.28 bits per heavy atom. The first-order valence-electron chi connectivity index (χ1n) is 8.87. The van der Waals surface area contributed by atoms with Crippen molar-refractivity contribution in [2.75, 3.05) is 32.6 Å². The molecular weight excluding hydrogens is 409 g/mol. The number of amides is 1. The molecule has 1 amide bonds. The zero-order valence-corrected chi connectivity index (χ0v) is 17.7. The second kappa shape index (κ2) is 10.5. The Bertz CT molecular complexity index is 824. The summed E-state index contributed by atoms with van der Waals surface area (Å²) in [7, 11) is 0.0443. The second-order valence-corrected chi connectivity index (χ2v) is 9.23. The van der Waals surface area contributed by atoms with E-state index in [9.17, 15) is 26.4 Å². The summed E-state index contributed by atoms with van der Waals surface area (Å²) in [6.45, 7) is 1.63. The molecule has 1 rings (SSSR count). The predicted octanol–water partition coefficient (Wildman–Crippen LogP) is 1.65. The maximum Gasteiger partial charge on any atom is 0.416 e. The third-order valence-corrected chi connectivity index (χ3v) is 4.86. The van der Waals surface area contributed by atoms with Gasteiger partial charge in [0.15, 0.2) is 5.96 Å². The first-order chi connectivity index (χ1) is 13.3. The molecule has 164 valence electrons. The van der Waals surface area contributed by atoms with E-state index >= 15 is 0 Å². The maximum atomic E-state index is 12.9. The molecule has 0 saturated carbocycles. The first-order valence-corrected chi connectivity index (χ1v) is 10.9. The van der Waals surface area contributed by atoms with E-state index < -0.39 is 21.6 Å². The number of carbonyl (C=O) groups is 1. The monoisotopic (exact) mass is 436 g/mol. The fraction of sp³-hybridized carbons (Fsp3) is 0.556. The number of benzene rings is 1. The van der Waals surface area contributed by atoms with Crippen molar-refractivity contribution in [3.8, 4) is 0 Å². The number of nitrogens with one attached hydrogen (secondary N) is 2. The summed E-state index contributed by atoms with van der Waals surface area (Å²) in [6.07, 6.45) is -3.00. The summed E-state index contributed by atoms with van der Waals surface area (Å²) in [5.41, 5.74) is -0.416. The van der Waals surface area contributed by atoms with Crippen LogP contribution in [0.15, 0.2) is 29.3 Å². The van der Waals surface area contributed by atoms with Gasteiger partial charge in [-0.05, 0) is 31.0 Å². The van der Waals surface area contributed by atoms with Crippen LogP contribution in [0.4, 0.5) is 13.2 Å². The van der Waals surface area contributed by atoms with Crippen molar-refractivity contribution >= 4 is 21.7 Å². The third kappa shape index (κ3) is 10.2. The number of rotatable bonds is 8. The normalized spacial score (nSPS) is 13.7. The van der Waals surface area contributed by atoms with E-state index in [2.05, 4.69) is 15.6 Å². The number of sulfone groups is 1. The molecule has 1 unspecified atom stereocenters. The van der Waals surface area contributed by atoms with Crippen LogP contribution in [0.5, 0.6) is 0 Å². The molecule has 0 radical (unpaired) electrons. The van der Waals surface area contributed by atoms with Crippen LogP contribution in [0, 0.1) is 0 Å². The Labute approximate surface area is 169 Å². The molecule has 0 bridgehead atoms. The topological polar surface area (TPSA) is 90.9 Å². The molecule has 0 spiro atoms. The molecule has 0 heterocycles. The lowest BCUT2D eigenvalue weighted by Crippen LogP contribution is -2.46. The highest BCUT2D eigenvalue weighted by atomic mass is 32.2. The number of alkyl halides is 3. The molecule has 2 N–H and O–H groups in total. The number of nitrogens with zero attached hydrogens (tertiary/aromatic N) is 2. The molecule has 0 aliphatic rings. The van der Waals surface area contributed by atoms with Crippen LogP contribution in [0.3, 0.4) is 0 Å². The van der Waals surface area contributed by atoms with E-state index in [0.717, 1.165) is 18.4 Å². The van der Waals surface area contributed by atoms with Gasteiger partial charge in [0.25, 0.3) is 0 Å². The van der Waals surface area contributed by atoms with Crippen LogP contribution in [-0.2, 0) is 27.4 Å². The maximum absolute atomic E-state index is 12.9. The molecule has 7 nitrogen and oxygen atoms in total. The number of hydrogen-bond acceptors (Lipinski definition) is 4. The summed E-state index contributed by atoms with van der Waals surface area (Å²) in [5, 5.41) is 5.80. The van der Waals surface area contributed by atoms with Gasteiger partial charge in [-0.25, -0.2) is 13.4 Å². The van der Waals surface area contributed by atoms with Crippen LogP contribution in [0.25, 0.3) is 0 Å². The zero-order valence-electron chi connectivity index (χ0n) is 16.9. The quantitative estimate of drug-likeness (QED) is 0.478. The van der Waals surface area contributed by atoms with Gasteiger partial charge in [-0.15, -0.1) is 0 Å². The average molecular weight is 437 g/mol. The first kappa shape index (κ1) is 24.7. The lowest BCUT2D eigenvalue weighted by atomic mass is 10.1. The summed E-state index contributed by atoms with van der Waals surface area (Å²) in [5.74, 6) is -0.0421. The minimum atomic E-state index is -4.45. The summed E-state index contributed by atoms with van der Waals surface area (Å²) < 4.78 is 61.2. The second-order valence-electron chi connectivity index (χ2n) is 6.97. The van der Waals surface area contributed by atoms with Crippen molar-refractivity contribution in [1.82, 2.24) is 15.5 Å². The SMILES string of the molecule is CC(CCS(C)(=O)=O)NC(=NCc1cccc(C(F)(F)F)c1)NCC(=O)N(C)C. The highest BCUT2D eigenvalue weighted by molar-refractivity contribution is 7.90. The predicted molar refractivity (Wildman–Crippen MR) is 106 cm³/mol. The van der Waals surface area contributed by atoms with Gasteiger partial charge in [0, 0.05) is 26.4 Å². The lowest BCUT2D eigenvalue weighted by molar-refractivity contribution is -0.137. The smallest absolute Gasteiger partial charge is 0.354 e. The Balaban J connectivity index is 2.90. The van der Waals surface area contributed by atoms with Gasteiger partial charge < -0.3 is 15.5 Å². The van der Waals surface area contributed by atoms with Crippen LogP contribution in [0.2, 0.25) is 0 Å². The van der Waals surface area contributed by atoms with Gasteiger partial charge in [0.1, 0.15) is 9.84 Å². The molecular formula is C18H27F3N4O3S. The molecule has 0 aliphatic heterocycles. The van der Waals surface area contributed by atoms with Crippen molar-refractivity contribution in [3.05, 3.63) is 35.4 Å². The summed E-state index contributed by atoms with van der Waals surface area (Å²) in [4.78, 5) is 17.4. The Hall–Kier alpha value is -2.30. The molecule has 1 aromatic carbocycles. The van der Waals surface area contributed by atoms with Crippen molar-refractivity contribution in [2.45, 2.75) is 32.1 Å². The average Bonchev–Trinajstić information content (AvgIpc) is 2.60. The zero-order chi connectivity index (χ0) is 22.2. The van der Waals surface area contributed by atoms with E-state index in [1.54, 1.807) is 21.0 Å². The fourth-order valence-electron chi connectivity index (χ4n) is 2.18. The third-order valence-electron chi connectivity index (χ3n) is 3.88. The number of hydrogen-bond donors (Lipinski definition) is 2. The Kier molecular flexibility index (Phi) is 8.93. The highest BCUT2D eigenvalue weighted by Gasteiger charge is 2.30. The van der Waals surface area contributed by atoms with Crippen LogP contribution in [-0.4, -0.2) is 63.9 Å². The van der Waals surface area contributed by atoms with Crippen LogP contribution in [0.1, 0.15) is 24.5 Å². The highest BCUT2D eigenvalue weighted by Crippen LogP contribution is 2.29. The van der Waals surface area contributed by atoms with Gasteiger partial charge in [0.2, 0.25) is 5.91 Å². The minimum absolute atomic E-state index is 0.0291. The molecule has 0 saturated heterocycles. The number of likely N-dealkylation sites (N-methyl/N-ethyl adjacent to an activating group) is 1. The molecule has 29 heavy (non-hydrogen) atoms. The number of carbonyl (C=O) groups excluding carboxylic acids is 1. The Morgan fingerprint density at radius 3 is 2.48 bits per heavy atom. The molecule has 0 fully saturated rings. The van der Waals surface area contributed by atoms with Gasteiger partial charge in [0.05, 0.1) is 24.4 Å².